The lowest BCUT2D eigenvalue weighted by molar-refractivity contribution is -0.137. The second-order valence-corrected chi connectivity index (χ2v) is 5.43. The maximum absolute atomic E-state index is 11.8. The molecule has 0 saturated heterocycles. The van der Waals surface area contributed by atoms with Gasteiger partial charge in [0.1, 0.15) is 6.04 Å². The van der Waals surface area contributed by atoms with E-state index in [0.29, 0.717) is 12.3 Å². The Balaban J connectivity index is 2.22. The first-order chi connectivity index (χ1) is 9.49. The molecule has 1 aliphatic carbocycles. The Morgan fingerprint density at radius 2 is 1.85 bits per heavy atom. The number of carboxylic acid groups (broad SMARTS) is 1. The fraction of sp³-hybridized carbons (Fsp3) is 0.786. The van der Waals surface area contributed by atoms with Crippen molar-refractivity contribution < 1.29 is 19.5 Å². The third-order valence-electron chi connectivity index (χ3n) is 3.61. The summed E-state index contributed by atoms with van der Waals surface area (Å²) in [6, 6.07) is -0.625. The minimum absolute atomic E-state index is 0.0804. The number of nitrogens with one attached hydrogen (secondary N) is 2. The zero-order valence-electron chi connectivity index (χ0n) is 12.0. The lowest BCUT2D eigenvalue weighted by atomic mass is 9.87. The van der Waals surface area contributed by atoms with E-state index in [-0.39, 0.29) is 24.8 Å². The van der Waals surface area contributed by atoms with E-state index in [1.54, 1.807) is 6.92 Å². The zero-order chi connectivity index (χ0) is 15.0. The molecule has 1 fully saturated rings. The third kappa shape index (κ3) is 6.54. The normalized spacial score (nSPS) is 17.2. The van der Waals surface area contributed by atoms with Crippen LogP contribution in [0.25, 0.3) is 0 Å². The van der Waals surface area contributed by atoms with Gasteiger partial charge in [0.15, 0.2) is 0 Å². The van der Waals surface area contributed by atoms with E-state index >= 15 is 0 Å². The smallest absolute Gasteiger partial charge is 0.305 e. The minimum atomic E-state index is -0.959. The summed E-state index contributed by atoms with van der Waals surface area (Å²) in [5, 5.41) is 13.6. The summed E-state index contributed by atoms with van der Waals surface area (Å²) in [5.74, 6) is -0.966. The van der Waals surface area contributed by atoms with Crippen molar-refractivity contribution in [3.8, 4) is 0 Å². The van der Waals surface area contributed by atoms with Crippen LogP contribution < -0.4 is 10.6 Å². The van der Waals surface area contributed by atoms with Crippen LogP contribution >= 0.6 is 0 Å². The largest absolute Gasteiger partial charge is 0.481 e. The molecule has 0 bridgehead atoms. The quantitative estimate of drug-likeness (QED) is 0.651. The maximum Gasteiger partial charge on any atom is 0.305 e. The fourth-order valence-corrected chi connectivity index (χ4v) is 2.47. The van der Waals surface area contributed by atoms with Crippen molar-refractivity contribution in [1.82, 2.24) is 10.6 Å². The summed E-state index contributed by atoms with van der Waals surface area (Å²) in [5.41, 5.74) is 0. The summed E-state index contributed by atoms with van der Waals surface area (Å²) in [7, 11) is 0. The summed E-state index contributed by atoms with van der Waals surface area (Å²) < 4.78 is 0. The average molecular weight is 284 g/mol. The van der Waals surface area contributed by atoms with Crippen molar-refractivity contribution in [3.63, 3.8) is 0 Å². The molecule has 0 spiro atoms. The van der Waals surface area contributed by atoms with Crippen molar-refractivity contribution in [2.24, 2.45) is 5.92 Å². The zero-order valence-corrected chi connectivity index (χ0v) is 12.0. The van der Waals surface area contributed by atoms with E-state index in [4.69, 9.17) is 5.11 Å². The van der Waals surface area contributed by atoms with Crippen LogP contribution in [0, 0.1) is 5.92 Å². The predicted molar refractivity (Wildman–Crippen MR) is 74.1 cm³/mol. The van der Waals surface area contributed by atoms with Gasteiger partial charge in [-0.25, -0.2) is 0 Å². The Hall–Kier alpha value is -1.59. The summed E-state index contributed by atoms with van der Waals surface area (Å²) in [6.45, 7) is 1.69. The monoisotopic (exact) mass is 284 g/mol. The number of carboxylic acids is 1. The van der Waals surface area contributed by atoms with E-state index in [1.165, 1.54) is 19.3 Å². The van der Waals surface area contributed by atoms with Crippen LogP contribution in [0.2, 0.25) is 0 Å². The standard InChI is InChI=1S/C14H24N2O4/c1-10(14(20)15-8-7-13(18)19)16-12(17)9-11-5-3-2-4-6-11/h10-11H,2-9H2,1H3,(H,15,20)(H,16,17)(H,18,19). The number of rotatable bonds is 7. The molecule has 1 aliphatic rings. The molecule has 0 aliphatic heterocycles. The Bertz CT molecular complexity index is 351. The second kappa shape index (κ2) is 8.55. The molecule has 114 valence electrons. The molecular weight excluding hydrogens is 260 g/mol. The molecule has 0 aromatic heterocycles. The highest BCUT2D eigenvalue weighted by atomic mass is 16.4. The molecule has 0 aromatic rings. The SMILES string of the molecule is CC(NC(=O)CC1CCCCC1)C(=O)NCCC(=O)O. The lowest BCUT2D eigenvalue weighted by Gasteiger charge is -2.22. The van der Waals surface area contributed by atoms with Gasteiger partial charge in [0.2, 0.25) is 11.8 Å². The number of carbonyl (C=O) groups is 3. The Kier molecular flexibility index (Phi) is 7.04. The van der Waals surface area contributed by atoms with Gasteiger partial charge in [-0.05, 0) is 25.7 Å². The average Bonchev–Trinajstić information content (AvgIpc) is 2.39. The molecule has 1 unspecified atom stereocenters. The summed E-state index contributed by atoms with van der Waals surface area (Å²) in [6.07, 6.45) is 6.16. The lowest BCUT2D eigenvalue weighted by Crippen LogP contribution is -2.45. The van der Waals surface area contributed by atoms with Crippen molar-refractivity contribution in [3.05, 3.63) is 0 Å². The molecule has 6 heteroatoms. The number of carbonyl (C=O) groups excluding carboxylic acids is 2. The molecule has 0 radical (unpaired) electrons. The molecule has 1 saturated carbocycles. The highest BCUT2D eigenvalue weighted by Crippen LogP contribution is 2.26. The number of amides is 2. The van der Waals surface area contributed by atoms with Crippen LogP contribution in [0.15, 0.2) is 0 Å². The second-order valence-electron chi connectivity index (χ2n) is 5.43. The van der Waals surface area contributed by atoms with Crippen LogP contribution in [0.4, 0.5) is 0 Å². The van der Waals surface area contributed by atoms with Crippen molar-refractivity contribution in [2.45, 2.75) is 57.9 Å². The minimum Gasteiger partial charge on any atom is -0.481 e. The maximum atomic E-state index is 11.8. The van der Waals surface area contributed by atoms with E-state index in [2.05, 4.69) is 10.6 Å². The van der Waals surface area contributed by atoms with Gasteiger partial charge in [0.25, 0.3) is 0 Å². The Morgan fingerprint density at radius 1 is 1.20 bits per heavy atom. The molecule has 0 aromatic carbocycles. The third-order valence-corrected chi connectivity index (χ3v) is 3.61. The molecule has 3 N–H and O–H groups in total. The highest BCUT2D eigenvalue weighted by Gasteiger charge is 2.20. The molecule has 1 rings (SSSR count). The number of hydrogen-bond acceptors (Lipinski definition) is 3. The molecule has 2 amide bonds. The first-order valence-electron chi connectivity index (χ1n) is 7.28. The van der Waals surface area contributed by atoms with Gasteiger partial charge in [0.05, 0.1) is 6.42 Å². The Labute approximate surface area is 119 Å². The van der Waals surface area contributed by atoms with Crippen molar-refractivity contribution in [1.29, 1.82) is 0 Å². The van der Waals surface area contributed by atoms with E-state index < -0.39 is 12.0 Å². The van der Waals surface area contributed by atoms with Crippen LogP contribution in [0.1, 0.15) is 51.9 Å². The fourth-order valence-electron chi connectivity index (χ4n) is 2.47. The van der Waals surface area contributed by atoms with Gasteiger partial charge in [-0.2, -0.15) is 0 Å². The van der Waals surface area contributed by atoms with Gasteiger partial charge >= 0.3 is 5.97 Å². The van der Waals surface area contributed by atoms with Crippen LogP contribution in [0.5, 0.6) is 0 Å². The van der Waals surface area contributed by atoms with Gasteiger partial charge < -0.3 is 15.7 Å². The van der Waals surface area contributed by atoms with E-state index in [0.717, 1.165) is 12.8 Å². The van der Waals surface area contributed by atoms with Crippen LogP contribution in [0.3, 0.4) is 0 Å². The first-order valence-corrected chi connectivity index (χ1v) is 7.28. The highest BCUT2D eigenvalue weighted by molar-refractivity contribution is 5.87. The van der Waals surface area contributed by atoms with Gasteiger partial charge in [-0.3, -0.25) is 14.4 Å². The van der Waals surface area contributed by atoms with E-state index in [9.17, 15) is 14.4 Å². The van der Waals surface area contributed by atoms with Crippen LogP contribution in [-0.2, 0) is 14.4 Å². The topological polar surface area (TPSA) is 95.5 Å². The molecule has 1 atom stereocenters. The molecule has 20 heavy (non-hydrogen) atoms. The van der Waals surface area contributed by atoms with E-state index in [1.807, 2.05) is 0 Å². The first kappa shape index (κ1) is 16.5. The number of hydrogen-bond donors (Lipinski definition) is 3. The summed E-state index contributed by atoms with van der Waals surface area (Å²) in [4.78, 5) is 33.8. The molecule has 0 heterocycles. The van der Waals surface area contributed by atoms with Gasteiger partial charge in [-0.1, -0.05) is 19.3 Å². The van der Waals surface area contributed by atoms with Crippen LogP contribution in [-0.4, -0.2) is 35.5 Å². The van der Waals surface area contributed by atoms with Crippen molar-refractivity contribution >= 4 is 17.8 Å². The Morgan fingerprint density at radius 3 is 2.45 bits per heavy atom. The predicted octanol–water partition coefficient (Wildman–Crippen LogP) is 1.05. The van der Waals surface area contributed by atoms with Gasteiger partial charge in [-0.15, -0.1) is 0 Å². The molecule has 6 nitrogen and oxygen atoms in total. The molecular formula is C14H24N2O4. The number of aliphatic carboxylic acids is 1. The summed E-state index contributed by atoms with van der Waals surface area (Å²) >= 11 is 0. The van der Waals surface area contributed by atoms with Crippen molar-refractivity contribution in [2.75, 3.05) is 6.54 Å². The van der Waals surface area contributed by atoms with Gasteiger partial charge in [0, 0.05) is 13.0 Å².